The number of anilines is 2. The molecule has 1 aliphatic heterocycles. The van der Waals surface area contributed by atoms with Crippen molar-refractivity contribution in [2.75, 3.05) is 16.2 Å². The molecule has 1 saturated heterocycles. The number of carbonyl (C=O) groups is 1. The first-order valence-corrected chi connectivity index (χ1v) is 10.6. The number of hydrogen-bond donors (Lipinski definition) is 1. The van der Waals surface area contributed by atoms with Gasteiger partial charge in [-0.15, -0.1) is 0 Å². The van der Waals surface area contributed by atoms with Crippen molar-refractivity contribution in [2.24, 2.45) is 0 Å². The van der Waals surface area contributed by atoms with E-state index >= 15 is 0 Å². The van der Waals surface area contributed by atoms with E-state index in [0.717, 1.165) is 23.2 Å². The summed E-state index contributed by atoms with van der Waals surface area (Å²) in [5.41, 5.74) is -0.687. The SMILES string of the molecule is O=C1CCCN1c1ccc(S(=O)(=O)Nc2cc(C(F)(F)F)ccc2-n2cncn2)cc1. The fourth-order valence-corrected chi connectivity index (χ4v) is 4.32. The van der Waals surface area contributed by atoms with Crippen LogP contribution in [0.25, 0.3) is 5.69 Å². The molecule has 0 atom stereocenters. The fourth-order valence-electron chi connectivity index (χ4n) is 3.26. The van der Waals surface area contributed by atoms with Gasteiger partial charge in [0.2, 0.25) is 5.91 Å². The van der Waals surface area contributed by atoms with Gasteiger partial charge in [0.15, 0.2) is 0 Å². The summed E-state index contributed by atoms with van der Waals surface area (Å²) in [6, 6.07) is 8.21. The zero-order valence-electron chi connectivity index (χ0n) is 15.9. The zero-order chi connectivity index (χ0) is 22.2. The predicted molar refractivity (Wildman–Crippen MR) is 105 cm³/mol. The normalized spacial score (nSPS) is 14.8. The molecule has 1 aliphatic rings. The number of alkyl halides is 3. The molecule has 31 heavy (non-hydrogen) atoms. The van der Waals surface area contributed by atoms with E-state index in [1.54, 1.807) is 4.90 Å². The Labute approximate surface area is 175 Å². The van der Waals surface area contributed by atoms with Crippen molar-refractivity contribution in [3.63, 3.8) is 0 Å². The minimum atomic E-state index is -4.66. The van der Waals surface area contributed by atoms with E-state index in [2.05, 4.69) is 14.8 Å². The third-order valence-corrected chi connectivity index (χ3v) is 6.15. The van der Waals surface area contributed by atoms with Gasteiger partial charge in [0.05, 0.1) is 21.8 Å². The molecule has 8 nitrogen and oxygen atoms in total. The molecule has 1 fully saturated rings. The maximum atomic E-state index is 13.2. The van der Waals surface area contributed by atoms with Crippen LogP contribution in [0.15, 0.2) is 60.0 Å². The number of nitrogens with zero attached hydrogens (tertiary/aromatic N) is 4. The van der Waals surface area contributed by atoms with Crippen LogP contribution >= 0.6 is 0 Å². The lowest BCUT2D eigenvalue weighted by atomic mass is 10.1. The van der Waals surface area contributed by atoms with E-state index in [4.69, 9.17) is 0 Å². The van der Waals surface area contributed by atoms with E-state index < -0.39 is 21.8 Å². The Hall–Kier alpha value is -3.41. The average Bonchev–Trinajstić information content (AvgIpc) is 3.39. The number of hydrogen-bond acceptors (Lipinski definition) is 5. The maximum Gasteiger partial charge on any atom is 0.416 e. The van der Waals surface area contributed by atoms with Crippen LogP contribution < -0.4 is 9.62 Å². The first kappa shape index (κ1) is 20.8. The van der Waals surface area contributed by atoms with Gasteiger partial charge in [-0.3, -0.25) is 9.52 Å². The van der Waals surface area contributed by atoms with Crippen LogP contribution in [0.5, 0.6) is 0 Å². The molecule has 0 radical (unpaired) electrons. The van der Waals surface area contributed by atoms with Crippen LogP contribution in [-0.4, -0.2) is 35.6 Å². The summed E-state index contributed by atoms with van der Waals surface area (Å²) in [6.45, 7) is 0.550. The number of carbonyl (C=O) groups excluding carboxylic acids is 1. The summed E-state index contributed by atoms with van der Waals surface area (Å²) < 4.78 is 68.6. The molecule has 0 aliphatic carbocycles. The van der Waals surface area contributed by atoms with E-state index in [-0.39, 0.29) is 22.2 Å². The topological polar surface area (TPSA) is 97.2 Å². The molecule has 1 N–H and O–H groups in total. The van der Waals surface area contributed by atoms with Crippen LogP contribution in [0.3, 0.4) is 0 Å². The Balaban J connectivity index is 1.68. The third kappa shape index (κ3) is 4.24. The zero-order valence-corrected chi connectivity index (χ0v) is 16.7. The smallest absolute Gasteiger partial charge is 0.312 e. The van der Waals surface area contributed by atoms with Gasteiger partial charge in [-0.25, -0.2) is 18.1 Å². The molecular formula is C19H16F3N5O3S. The lowest BCUT2D eigenvalue weighted by Crippen LogP contribution is -2.23. The molecule has 0 bridgehead atoms. The molecule has 1 aromatic heterocycles. The van der Waals surface area contributed by atoms with E-state index in [0.29, 0.717) is 24.7 Å². The highest BCUT2D eigenvalue weighted by molar-refractivity contribution is 7.92. The molecule has 3 aromatic rings. The number of sulfonamides is 1. The number of nitrogens with one attached hydrogen (secondary N) is 1. The first-order valence-electron chi connectivity index (χ1n) is 9.15. The molecular weight excluding hydrogens is 435 g/mol. The molecule has 2 aromatic carbocycles. The Bertz CT molecular complexity index is 1210. The second-order valence-corrected chi connectivity index (χ2v) is 8.50. The van der Waals surface area contributed by atoms with E-state index in [1.807, 2.05) is 0 Å². The van der Waals surface area contributed by atoms with Crippen molar-refractivity contribution >= 4 is 27.3 Å². The van der Waals surface area contributed by atoms with Gasteiger partial charge in [-0.2, -0.15) is 18.3 Å². The molecule has 162 valence electrons. The summed E-state index contributed by atoms with van der Waals surface area (Å²) in [6.07, 6.45) is -1.09. The van der Waals surface area contributed by atoms with Crippen molar-refractivity contribution in [3.05, 3.63) is 60.7 Å². The second kappa shape index (κ2) is 7.69. The maximum absolute atomic E-state index is 13.2. The van der Waals surface area contributed by atoms with Crippen LogP contribution in [0, 0.1) is 0 Å². The minimum absolute atomic E-state index is 0.0461. The van der Waals surface area contributed by atoms with Gasteiger partial charge in [0.1, 0.15) is 12.7 Å². The van der Waals surface area contributed by atoms with E-state index in [1.165, 1.54) is 36.9 Å². The molecule has 12 heteroatoms. The number of rotatable bonds is 5. The number of benzene rings is 2. The first-order chi connectivity index (χ1) is 14.6. The van der Waals surface area contributed by atoms with Crippen LogP contribution in [-0.2, 0) is 21.0 Å². The van der Waals surface area contributed by atoms with Crippen molar-refractivity contribution in [1.82, 2.24) is 14.8 Å². The number of aromatic nitrogens is 3. The van der Waals surface area contributed by atoms with Crippen molar-refractivity contribution in [3.8, 4) is 5.69 Å². The minimum Gasteiger partial charge on any atom is -0.312 e. The largest absolute Gasteiger partial charge is 0.416 e. The van der Waals surface area contributed by atoms with Gasteiger partial charge < -0.3 is 4.90 Å². The highest BCUT2D eigenvalue weighted by atomic mass is 32.2. The van der Waals surface area contributed by atoms with Gasteiger partial charge in [0.25, 0.3) is 10.0 Å². The Morgan fingerprint density at radius 1 is 1.06 bits per heavy atom. The second-order valence-electron chi connectivity index (χ2n) is 6.82. The standard InChI is InChI=1S/C19H16F3N5O3S/c20-19(21,22)13-3-8-17(27-12-23-11-24-27)16(10-13)25-31(29,30)15-6-4-14(5-7-15)26-9-1-2-18(26)28/h3-8,10-12,25H,1-2,9H2. The fraction of sp³-hybridized carbons (Fsp3) is 0.211. The van der Waals surface area contributed by atoms with Crippen LogP contribution in [0.2, 0.25) is 0 Å². The average molecular weight is 451 g/mol. The van der Waals surface area contributed by atoms with Gasteiger partial charge in [-0.1, -0.05) is 0 Å². The van der Waals surface area contributed by atoms with Crippen LogP contribution in [0.4, 0.5) is 24.5 Å². The summed E-state index contributed by atoms with van der Waals surface area (Å²) >= 11 is 0. The summed E-state index contributed by atoms with van der Waals surface area (Å²) in [5, 5.41) is 3.86. The molecule has 0 spiro atoms. The molecule has 1 amide bonds. The van der Waals surface area contributed by atoms with Gasteiger partial charge in [0, 0.05) is 18.7 Å². The molecule has 4 rings (SSSR count). The van der Waals surface area contributed by atoms with E-state index in [9.17, 15) is 26.4 Å². The number of halogens is 3. The quantitative estimate of drug-likeness (QED) is 0.643. The lowest BCUT2D eigenvalue weighted by molar-refractivity contribution is -0.137. The number of amides is 1. The van der Waals surface area contributed by atoms with Crippen molar-refractivity contribution in [2.45, 2.75) is 23.9 Å². The monoisotopic (exact) mass is 451 g/mol. The summed E-state index contributed by atoms with van der Waals surface area (Å²) in [4.78, 5) is 17.0. The molecule has 0 saturated carbocycles. The molecule has 0 unspecified atom stereocenters. The van der Waals surface area contributed by atoms with Crippen molar-refractivity contribution in [1.29, 1.82) is 0 Å². The highest BCUT2D eigenvalue weighted by Crippen LogP contribution is 2.34. The Morgan fingerprint density at radius 2 is 1.81 bits per heavy atom. The van der Waals surface area contributed by atoms with Gasteiger partial charge >= 0.3 is 6.18 Å². The predicted octanol–water partition coefficient (Wildman–Crippen LogP) is 3.21. The Morgan fingerprint density at radius 3 is 2.39 bits per heavy atom. The summed E-state index contributed by atoms with van der Waals surface area (Å²) in [7, 11) is -4.23. The Kier molecular flexibility index (Phi) is 5.17. The summed E-state index contributed by atoms with van der Waals surface area (Å²) in [5.74, 6) is -0.0461. The van der Waals surface area contributed by atoms with Crippen LogP contribution in [0.1, 0.15) is 18.4 Å². The molecule has 2 heterocycles. The van der Waals surface area contributed by atoms with Crippen molar-refractivity contribution < 1.29 is 26.4 Å². The lowest BCUT2D eigenvalue weighted by Gasteiger charge is -2.17. The highest BCUT2D eigenvalue weighted by Gasteiger charge is 2.32. The third-order valence-electron chi connectivity index (χ3n) is 4.77. The van der Waals surface area contributed by atoms with Gasteiger partial charge in [-0.05, 0) is 48.9 Å².